The fourth-order valence-corrected chi connectivity index (χ4v) is 4.46. The molecule has 0 aliphatic rings. The van der Waals surface area contributed by atoms with E-state index in [-0.39, 0.29) is 10.5 Å². The van der Waals surface area contributed by atoms with E-state index in [2.05, 4.69) is 15.2 Å². The fraction of sp³-hybridized carbons (Fsp3) is 0.0690. The van der Waals surface area contributed by atoms with Crippen LogP contribution in [0.15, 0.2) is 107 Å². The zero-order chi connectivity index (χ0) is 27.8. The van der Waals surface area contributed by atoms with Gasteiger partial charge in [0.15, 0.2) is 0 Å². The summed E-state index contributed by atoms with van der Waals surface area (Å²) < 4.78 is 38.1. The summed E-state index contributed by atoms with van der Waals surface area (Å²) in [7, 11) is -2.21. The van der Waals surface area contributed by atoms with Crippen molar-refractivity contribution in [2.24, 2.45) is 5.10 Å². The average Bonchev–Trinajstić information content (AvgIpc) is 2.93. The SMILES string of the molecule is COc1ccc(C(=O)Oc2cccc(/C=N\NC(=O)c3ccc(NS(=O)(=O)c4ccc(C)cc4)cc3)c2)cc1. The van der Waals surface area contributed by atoms with Gasteiger partial charge in [-0.1, -0.05) is 29.8 Å². The highest BCUT2D eigenvalue weighted by molar-refractivity contribution is 7.92. The van der Waals surface area contributed by atoms with Gasteiger partial charge in [0.05, 0.1) is 23.8 Å². The fourth-order valence-electron chi connectivity index (χ4n) is 3.40. The molecule has 0 radical (unpaired) electrons. The summed E-state index contributed by atoms with van der Waals surface area (Å²) in [4.78, 5) is 25.0. The van der Waals surface area contributed by atoms with Gasteiger partial charge in [0, 0.05) is 11.3 Å². The van der Waals surface area contributed by atoms with Gasteiger partial charge in [0.25, 0.3) is 15.9 Å². The van der Waals surface area contributed by atoms with Crippen LogP contribution >= 0.6 is 0 Å². The number of amides is 1. The largest absolute Gasteiger partial charge is 0.497 e. The number of sulfonamides is 1. The minimum Gasteiger partial charge on any atom is -0.497 e. The second-order valence-electron chi connectivity index (χ2n) is 8.39. The van der Waals surface area contributed by atoms with Crippen LogP contribution in [0.3, 0.4) is 0 Å². The number of nitrogens with one attached hydrogen (secondary N) is 2. The molecule has 0 aromatic heterocycles. The van der Waals surface area contributed by atoms with Crippen molar-refractivity contribution < 1.29 is 27.5 Å². The van der Waals surface area contributed by atoms with E-state index in [9.17, 15) is 18.0 Å². The van der Waals surface area contributed by atoms with Crippen molar-refractivity contribution in [3.05, 3.63) is 119 Å². The number of carbonyl (C=O) groups is 2. The maximum atomic E-state index is 12.5. The average molecular weight is 544 g/mol. The minimum atomic E-state index is -3.75. The number of hydrogen-bond donors (Lipinski definition) is 2. The van der Waals surface area contributed by atoms with Gasteiger partial charge in [-0.25, -0.2) is 18.6 Å². The number of nitrogens with zero attached hydrogens (tertiary/aromatic N) is 1. The molecule has 2 N–H and O–H groups in total. The van der Waals surface area contributed by atoms with Crippen LogP contribution in [0.1, 0.15) is 31.8 Å². The minimum absolute atomic E-state index is 0.142. The van der Waals surface area contributed by atoms with Crippen molar-refractivity contribution in [3.63, 3.8) is 0 Å². The highest BCUT2D eigenvalue weighted by Crippen LogP contribution is 2.18. The molecule has 10 heteroatoms. The number of methoxy groups -OCH3 is 1. The quantitative estimate of drug-likeness (QED) is 0.135. The maximum Gasteiger partial charge on any atom is 0.343 e. The third-order valence-corrected chi connectivity index (χ3v) is 6.90. The van der Waals surface area contributed by atoms with Gasteiger partial charge in [-0.3, -0.25) is 9.52 Å². The van der Waals surface area contributed by atoms with E-state index in [0.29, 0.717) is 28.3 Å². The number of esters is 1. The lowest BCUT2D eigenvalue weighted by Crippen LogP contribution is -2.18. The number of rotatable bonds is 9. The molecule has 0 aliphatic carbocycles. The lowest BCUT2D eigenvalue weighted by molar-refractivity contribution is 0.0734. The molecule has 4 aromatic carbocycles. The Balaban J connectivity index is 1.33. The zero-order valence-corrected chi connectivity index (χ0v) is 21.9. The number of benzene rings is 4. The van der Waals surface area contributed by atoms with Crippen molar-refractivity contribution in [2.45, 2.75) is 11.8 Å². The second-order valence-corrected chi connectivity index (χ2v) is 10.1. The monoisotopic (exact) mass is 543 g/mol. The van der Waals surface area contributed by atoms with Gasteiger partial charge >= 0.3 is 5.97 Å². The standard InChI is InChI=1S/C29H25N3O6S/c1-20-6-16-27(17-7-20)39(35,36)32-24-12-8-22(9-13-24)28(33)31-30-19-21-4-3-5-26(18-21)38-29(34)23-10-14-25(37-2)15-11-23/h3-19,32H,1-2H3,(H,31,33)/b30-19-. The van der Waals surface area contributed by atoms with E-state index in [1.807, 2.05) is 6.92 Å². The Kier molecular flexibility index (Phi) is 8.37. The Morgan fingerprint density at radius 1 is 0.821 bits per heavy atom. The topological polar surface area (TPSA) is 123 Å². The summed E-state index contributed by atoms with van der Waals surface area (Å²) in [5.41, 5.74) is 4.93. The van der Waals surface area contributed by atoms with E-state index in [1.165, 1.54) is 42.6 Å². The molecule has 0 unspecified atom stereocenters. The third-order valence-electron chi connectivity index (χ3n) is 5.50. The Morgan fingerprint density at radius 3 is 2.15 bits per heavy atom. The molecule has 4 rings (SSSR count). The van der Waals surface area contributed by atoms with E-state index >= 15 is 0 Å². The third kappa shape index (κ3) is 7.30. The number of carbonyl (C=O) groups excluding carboxylic acids is 2. The van der Waals surface area contributed by atoms with Gasteiger partial charge in [-0.05, 0) is 85.3 Å². The molecule has 39 heavy (non-hydrogen) atoms. The molecule has 0 fully saturated rings. The summed E-state index contributed by atoms with van der Waals surface area (Å²) in [6, 6.07) is 25.6. The number of hydrogen-bond acceptors (Lipinski definition) is 7. The Hall–Kier alpha value is -4.96. The molecule has 0 saturated heterocycles. The molecule has 0 aliphatic heterocycles. The van der Waals surface area contributed by atoms with Gasteiger partial charge in [-0.2, -0.15) is 5.10 Å². The van der Waals surface area contributed by atoms with E-state index in [4.69, 9.17) is 9.47 Å². The molecule has 0 atom stereocenters. The second kappa shape index (κ2) is 12.1. The van der Waals surface area contributed by atoms with Crippen molar-refractivity contribution in [1.29, 1.82) is 0 Å². The zero-order valence-electron chi connectivity index (χ0n) is 21.1. The van der Waals surface area contributed by atoms with Crippen molar-refractivity contribution in [1.82, 2.24) is 5.43 Å². The lowest BCUT2D eigenvalue weighted by Gasteiger charge is -2.09. The molecule has 0 saturated carbocycles. The smallest absolute Gasteiger partial charge is 0.343 e. The first-order valence-corrected chi connectivity index (χ1v) is 13.2. The highest BCUT2D eigenvalue weighted by Gasteiger charge is 2.14. The Bertz CT molecular complexity index is 1600. The maximum absolute atomic E-state index is 12.5. The summed E-state index contributed by atoms with van der Waals surface area (Å²) in [6.07, 6.45) is 1.41. The molecule has 1 amide bonds. The van der Waals surface area contributed by atoms with Crippen molar-refractivity contribution in [3.8, 4) is 11.5 Å². The van der Waals surface area contributed by atoms with Crippen LogP contribution in [-0.4, -0.2) is 33.6 Å². The molecule has 9 nitrogen and oxygen atoms in total. The van der Waals surface area contributed by atoms with Crippen LogP contribution in [0.25, 0.3) is 0 Å². The van der Waals surface area contributed by atoms with Crippen LogP contribution in [0.5, 0.6) is 11.5 Å². The lowest BCUT2D eigenvalue weighted by atomic mass is 10.2. The molecule has 0 heterocycles. The first-order valence-electron chi connectivity index (χ1n) is 11.7. The van der Waals surface area contributed by atoms with Crippen molar-refractivity contribution in [2.75, 3.05) is 11.8 Å². The summed E-state index contributed by atoms with van der Waals surface area (Å²) in [5.74, 6) is -0.0637. The normalized spacial score (nSPS) is 11.1. The first-order chi connectivity index (χ1) is 18.7. The predicted molar refractivity (Wildman–Crippen MR) is 148 cm³/mol. The first kappa shape index (κ1) is 27.1. The number of aryl methyl sites for hydroxylation is 1. The van der Waals surface area contributed by atoms with Crippen LogP contribution in [0, 0.1) is 6.92 Å². The molecular weight excluding hydrogens is 518 g/mol. The summed E-state index contributed by atoms with van der Waals surface area (Å²) >= 11 is 0. The summed E-state index contributed by atoms with van der Waals surface area (Å²) in [6.45, 7) is 1.87. The van der Waals surface area contributed by atoms with Crippen LogP contribution in [-0.2, 0) is 10.0 Å². The van der Waals surface area contributed by atoms with E-state index < -0.39 is 21.9 Å². The number of ether oxygens (including phenoxy) is 2. The molecule has 198 valence electrons. The van der Waals surface area contributed by atoms with Crippen molar-refractivity contribution >= 4 is 33.8 Å². The molecule has 4 aromatic rings. The van der Waals surface area contributed by atoms with Crippen LogP contribution < -0.4 is 19.6 Å². The van der Waals surface area contributed by atoms with E-state index in [1.54, 1.807) is 67.8 Å². The Labute approximate surface area is 226 Å². The van der Waals surface area contributed by atoms with Gasteiger partial charge < -0.3 is 9.47 Å². The molecular formula is C29H25N3O6S. The summed E-state index contributed by atoms with van der Waals surface area (Å²) in [5, 5.41) is 3.95. The van der Waals surface area contributed by atoms with Crippen LogP contribution in [0.2, 0.25) is 0 Å². The molecule has 0 bridgehead atoms. The highest BCUT2D eigenvalue weighted by atomic mass is 32.2. The number of hydrazone groups is 1. The van der Waals surface area contributed by atoms with Gasteiger partial charge in [0.2, 0.25) is 0 Å². The van der Waals surface area contributed by atoms with Crippen LogP contribution in [0.4, 0.5) is 5.69 Å². The predicted octanol–water partition coefficient (Wildman–Crippen LogP) is 4.79. The molecule has 0 spiro atoms. The number of anilines is 1. The van der Waals surface area contributed by atoms with E-state index in [0.717, 1.165) is 5.56 Å². The van der Waals surface area contributed by atoms with Gasteiger partial charge in [-0.15, -0.1) is 0 Å². The Morgan fingerprint density at radius 2 is 1.49 bits per heavy atom. The van der Waals surface area contributed by atoms with Gasteiger partial charge in [0.1, 0.15) is 11.5 Å².